The summed E-state index contributed by atoms with van der Waals surface area (Å²) in [7, 11) is 0. The summed E-state index contributed by atoms with van der Waals surface area (Å²) in [4.78, 5) is 24.1. The van der Waals surface area contributed by atoms with Gasteiger partial charge < -0.3 is 25.2 Å². The van der Waals surface area contributed by atoms with Crippen molar-refractivity contribution in [2.24, 2.45) is 0 Å². The minimum absolute atomic E-state index is 0.274. The third kappa shape index (κ3) is 4.87. The maximum Gasteiger partial charge on any atom is 0.274 e. The highest BCUT2D eigenvalue weighted by Gasteiger charge is 2.18. The van der Waals surface area contributed by atoms with Crippen LogP contribution in [0.5, 0.6) is 0 Å². The molecule has 4 aromatic rings. The van der Waals surface area contributed by atoms with E-state index in [1.165, 1.54) is 0 Å². The van der Waals surface area contributed by atoms with E-state index in [0.717, 1.165) is 16.8 Å². The largest absolute Gasteiger partial charge is 0.390 e. The Balaban J connectivity index is 1.37. The van der Waals surface area contributed by atoms with E-state index in [1.54, 1.807) is 24.4 Å². The van der Waals surface area contributed by atoms with Crippen LogP contribution in [0.3, 0.4) is 0 Å². The maximum atomic E-state index is 13.2. The fourth-order valence-corrected chi connectivity index (χ4v) is 3.80. The summed E-state index contributed by atoms with van der Waals surface area (Å²) < 4.78 is 7.12. The number of rotatable bonds is 7. The third-order valence-electron chi connectivity index (χ3n) is 5.85. The number of anilines is 2. The second kappa shape index (κ2) is 8.88. The number of amides is 1. The molecule has 5 rings (SSSR count). The van der Waals surface area contributed by atoms with Crippen molar-refractivity contribution < 1.29 is 14.4 Å². The lowest BCUT2D eigenvalue weighted by Crippen LogP contribution is -2.20. The number of hydrogen-bond donors (Lipinski definition) is 3. The van der Waals surface area contributed by atoms with Crippen molar-refractivity contribution in [3.8, 4) is 11.4 Å². The van der Waals surface area contributed by atoms with Gasteiger partial charge in [-0.1, -0.05) is 17.3 Å². The predicted molar refractivity (Wildman–Crippen MR) is 132 cm³/mol. The van der Waals surface area contributed by atoms with Crippen LogP contribution in [-0.2, 0) is 6.42 Å². The third-order valence-corrected chi connectivity index (χ3v) is 5.85. The Hall–Kier alpha value is -4.18. The molecule has 0 bridgehead atoms. The molecule has 1 aromatic carbocycles. The Morgan fingerprint density at radius 1 is 1.29 bits per heavy atom. The number of benzene rings is 1. The quantitative estimate of drug-likeness (QED) is 0.373. The minimum Gasteiger partial charge on any atom is -0.390 e. The van der Waals surface area contributed by atoms with Gasteiger partial charge in [0.25, 0.3) is 5.91 Å². The number of carbonyl (C=O) groups excluding carboxylic acids is 1. The molecule has 3 aromatic heterocycles. The van der Waals surface area contributed by atoms with Crippen molar-refractivity contribution in [2.45, 2.75) is 39.2 Å². The number of aromatic nitrogens is 4. The molecule has 10 nitrogen and oxygen atoms in total. The molecule has 1 aliphatic rings. The van der Waals surface area contributed by atoms with E-state index in [1.807, 2.05) is 60.8 Å². The van der Waals surface area contributed by atoms with Gasteiger partial charge in [-0.25, -0.2) is 4.98 Å². The van der Waals surface area contributed by atoms with Gasteiger partial charge in [-0.15, -0.1) is 0 Å². The molecule has 0 unspecified atom stereocenters. The van der Waals surface area contributed by atoms with E-state index < -0.39 is 5.60 Å². The minimum atomic E-state index is -0.809. The van der Waals surface area contributed by atoms with Crippen LogP contribution in [0.25, 0.3) is 17.0 Å². The summed E-state index contributed by atoms with van der Waals surface area (Å²) in [6, 6.07) is 9.46. The molecule has 10 heteroatoms. The lowest BCUT2D eigenvalue weighted by molar-refractivity contribution is 0.0689. The fourth-order valence-electron chi connectivity index (χ4n) is 3.80. The summed E-state index contributed by atoms with van der Waals surface area (Å²) in [5.74, 6) is 0.611. The van der Waals surface area contributed by atoms with E-state index in [9.17, 15) is 9.90 Å². The summed E-state index contributed by atoms with van der Waals surface area (Å²) in [5.41, 5.74) is 3.52. The molecule has 35 heavy (non-hydrogen) atoms. The monoisotopic (exact) mass is 473 g/mol. The summed E-state index contributed by atoms with van der Waals surface area (Å²) in [5, 5.41) is 20.1. The first kappa shape index (κ1) is 22.6. The number of aliphatic hydroxyl groups is 1. The average molecular weight is 474 g/mol. The molecular formula is C25H27N7O3. The summed E-state index contributed by atoms with van der Waals surface area (Å²) in [6.45, 7) is 6.07. The molecule has 0 aliphatic carbocycles. The van der Waals surface area contributed by atoms with Crippen LogP contribution < -0.4 is 15.5 Å². The first-order valence-electron chi connectivity index (χ1n) is 11.4. The van der Waals surface area contributed by atoms with Crippen molar-refractivity contribution >= 4 is 22.9 Å². The van der Waals surface area contributed by atoms with Crippen molar-refractivity contribution in [3.05, 3.63) is 72.3 Å². The zero-order valence-electron chi connectivity index (χ0n) is 19.8. The standard InChI is InChI=1S/C25H27N7O3/c1-16-4-5-17(23-29-22(35-30-23)8-9-25(2,3)34)12-19(16)28-24(33)20-13-27-21-7-6-18(14-32(20)21)31-11-10-26-15-31/h4-7,10-14,26,34H,8-9,15H2,1-3H3,(H,28,33). The lowest BCUT2D eigenvalue weighted by atomic mass is 10.0. The summed E-state index contributed by atoms with van der Waals surface area (Å²) >= 11 is 0. The molecular weight excluding hydrogens is 446 g/mol. The topological polar surface area (TPSA) is 121 Å². The molecule has 0 fully saturated rings. The first-order valence-corrected chi connectivity index (χ1v) is 11.4. The molecule has 0 saturated heterocycles. The zero-order chi connectivity index (χ0) is 24.6. The molecule has 0 saturated carbocycles. The number of nitrogens with one attached hydrogen (secondary N) is 2. The highest BCUT2D eigenvalue weighted by atomic mass is 16.5. The molecule has 4 heterocycles. The van der Waals surface area contributed by atoms with E-state index in [0.29, 0.717) is 48.3 Å². The molecule has 1 amide bonds. The number of aryl methyl sites for hydroxylation is 2. The van der Waals surface area contributed by atoms with Gasteiger partial charge >= 0.3 is 0 Å². The van der Waals surface area contributed by atoms with Gasteiger partial charge in [0, 0.05) is 36.3 Å². The predicted octanol–water partition coefficient (Wildman–Crippen LogP) is 3.49. The van der Waals surface area contributed by atoms with Gasteiger partial charge in [0.05, 0.1) is 24.2 Å². The van der Waals surface area contributed by atoms with Gasteiger partial charge in [-0.2, -0.15) is 4.98 Å². The number of imidazole rings is 1. The number of hydrogen-bond acceptors (Lipinski definition) is 8. The van der Waals surface area contributed by atoms with Crippen LogP contribution in [-0.4, -0.2) is 42.8 Å². The van der Waals surface area contributed by atoms with Gasteiger partial charge in [-0.3, -0.25) is 9.20 Å². The molecule has 1 aliphatic heterocycles. The second-order valence-electron chi connectivity index (χ2n) is 9.21. The Bertz CT molecular complexity index is 1410. The van der Waals surface area contributed by atoms with E-state index in [4.69, 9.17) is 4.52 Å². The Labute approximate surface area is 202 Å². The normalized spacial score (nSPS) is 13.4. The van der Waals surface area contributed by atoms with Crippen LogP contribution in [0.2, 0.25) is 0 Å². The number of nitrogens with zero attached hydrogens (tertiary/aromatic N) is 5. The van der Waals surface area contributed by atoms with Crippen LogP contribution in [0.15, 0.2) is 59.6 Å². The van der Waals surface area contributed by atoms with Crippen molar-refractivity contribution in [3.63, 3.8) is 0 Å². The smallest absolute Gasteiger partial charge is 0.274 e. The number of pyridine rings is 1. The zero-order valence-corrected chi connectivity index (χ0v) is 19.8. The number of carbonyl (C=O) groups is 1. The van der Waals surface area contributed by atoms with E-state index >= 15 is 0 Å². The Morgan fingerprint density at radius 2 is 2.14 bits per heavy atom. The molecule has 0 spiro atoms. The first-order chi connectivity index (χ1) is 16.8. The lowest BCUT2D eigenvalue weighted by Gasteiger charge is -2.15. The highest BCUT2D eigenvalue weighted by Crippen LogP contribution is 2.25. The van der Waals surface area contributed by atoms with Crippen LogP contribution in [0, 0.1) is 6.92 Å². The van der Waals surface area contributed by atoms with Crippen LogP contribution in [0.4, 0.5) is 11.4 Å². The SMILES string of the molecule is Cc1ccc(-c2noc(CCC(C)(C)O)n2)cc1NC(=O)c1cnc2ccc(N3C=CNC3)cn12. The van der Waals surface area contributed by atoms with E-state index in [-0.39, 0.29) is 5.91 Å². The highest BCUT2D eigenvalue weighted by molar-refractivity contribution is 6.04. The average Bonchev–Trinajstić information content (AvgIpc) is 3.58. The summed E-state index contributed by atoms with van der Waals surface area (Å²) in [6.07, 6.45) is 8.27. The Kier molecular flexibility index (Phi) is 5.73. The molecule has 0 atom stereocenters. The van der Waals surface area contributed by atoms with Crippen molar-refractivity contribution in [1.29, 1.82) is 0 Å². The van der Waals surface area contributed by atoms with Gasteiger partial charge in [-0.05, 0) is 51.0 Å². The molecule has 3 N–H and O–H groups in total. The second-order valence-corrected chi connectivity index (χ2v) is 9.21. The van der Waals surface area contributed by atoms with E-state index in [2.05, 4.69) is 25.8 Å². The maximum absolute atomic E-state index is 13.2. The Morgan fingerprint density at radius 3 is 2.91 bits per heavy atom. The van der Waals surface area contributed by atoms with Gasteiger partial charge in [0.1, 0.15) is 11.3 Å². The van der Waals surface area contributed by atoms with Crippen LogP contribution in [0.1, 0.15) is 42.2 Å². The van der Waals surface area contributed by atoms with Crippen molar-refractivity contribution in [1.82, 2.24) is 24.8 Å². The van der Waals surface area contributed by atoms with Gasteiger partial charge in [0.15, 0.2) is 0 Å². The number of fused-ring (bicyclic) bond motifs is 1. The fraction of sp³-hybridized carbons (Fsp3) is 0.280. The molecule has 180 valence electrons. The molecule has 0 radical (unpaired) electrons. The van der Waals surface area contributed by atoms with Crippen molar-refractivity contribution in [2.75, 3.05) is 16.9 Å². The van der Waals surface area contributed by atoms with Gasteiger partial charge in [0.2, 0.25) is 11.7 Å². The van der Waals surface area contributed by atoms with Crippen LogP contribution >= 0.6 is 0 Å².